The lowest BCUT2D eigenvalue weighted by Crippen LogP contribution is -2.33. The smallest absolute Gasteiger partial charge is 0.0701 e. The normalized spacial score (nSPS) is 27.5. The van der Waals surface area contributed by atoms with E-state index in [4.69, 9.17) is 0 Å². The van der Waals surface area contributed by atoms with Gasteiger partial charge in [-0.2, -0.15) is 0 Å². The molecule has 1 aliphatic carbocycles. The molecule has 2 unspecified atom stereocenters. The van der Waals surface area contributed by atoms with Gasteiger partial charge in [-0.15, -0.1) is 11.3 Å². The van der Waals surface area contributed by atoms with Crippen molar-refractivity contribution < 1.29 is 0 Å². The highest BCUT2D eigenvalue weighted by Gasteiger charge is 2.35. The first kappa shape index (κ1) is 13.6. The first-order valence-corrected chi connectivity index (χ1v) is 8.05. The van der Waals surface area contributed by atoms with Crippen LogP contribution in [0.2, 0.25) is 0 Å². The van der Waals surface area contributed by atoms with Gasteiger partial charge in [0.1, 0.15) is 0 Å². The molecule has 0 amide bonds. The summed E-state index contributed by atoms with van der Waals surface area (Å²) in [5.74, 6) is 0.820. The molecule has 1 aromatic heterocycles. The SMILES string of the molecule is CC1CC(C)(C)CC1NCCc1ccc(Br)s1. The van der Waals surface area contributed by atoms with E-state index in [-0.39, 0.29) is 0 Å². The highest BCUT2D eigenvalue weighted by Crippen LogP contribution is 2.40. The maximum atomic E-state index is 3.74. The van der Waals surface area contributed by atoms with Crippen LogP contribution in [-0.2, 0) is 6.42 Å². The van der Waals surface area contributed by atoms with E-state index in [1.165, 1.54) is 21.5 Å². The summed E-state index contributed by atoms with van der Waals surface area (Å²) in [5.41, 5.74) is 0.531. The average Bonchev–Trinajstić information content (AvgIpc) is 2.71. The Kier molecular flexibility index (Phi) is 4.32. The van der Waals surface area contributed by atoms with Crippen LogP contribution in [0.5, 0.6) is 0 Å². The molecule has 2 rings (SSSR count). The molecule has 1 aliphatic rings. The Morgan fingerprint density at radius 2 is 2.18 bits per heavy atom. The molecule has 0 saturated heterocycles. The van der Waals surface area contributed by atoms with Gasteiger partial charge in [0.25, 0.3) is 0 Å². The van der Waals surface area contributed by atoms with Gasteiger partial charge in [0.2, 0.25) is 0 Å². The minimum absolute atomic E-state index is 0.531. The second-order valence-electron chi connectivity index (χ2n) is 6.07. The number of halogens is 1. The summed E-state index contributed by atoms with van der Waals surface area (Å²) in [7, 11) is 0. The Balaban J connectivity index is 1.76. The van der Waals surface area contributed by atoms with E-state index in [1.807, 2.05) is 11.3 Å². The third-order valence-corrected chi connectivity index (χ3v) is 5.42. The maximum Gasteiger partial charge on any atom is 0.0701 e. The van der Waals surface area contributed by atoms with Crippen LogP contribution < -0.4 is 5.32 Å². The van der Waals surface area contributed by atoms with E-state index in [0.29, 0.717) is 11.5 Å². The van der Waals surface area contributed by atoms with E-state index >= 15 is 0 Å². The lowest BCUT2D eigenvalue weighted by molar-refractivity contribution is 0.362. The molecule has 1 fully saturated rings. The van der Waals surface area contributed by atoms with Crippen LogP contribution in [0.1, 0.15) is 38.5 Å². The summed E-state index contributed by atoms with van der Waals surface area (Å²) < 4.78 is 1.24. The van der Waals surface area contributed by atoms with Gasteiger partial charge >= 0.3 is 0 Å². The Morgan fingerprint density at radius 3 is 2.71 bits per heavy atom. The molecule has 2 atom stereocenters. The van der Waals surface area contributed by atoms with Crippen molar-refractivity contribution in [2.24, 2.45) is 11.3 Å². The van der Waals surface area contributed by atoms with Crippen molar-refractivity contribution in [1.29, 1.82) is 0 Å². The zero-order valence-corrected chi connectivity index (χ0v) is 13.3. The van der Waals surface area contributed by atoms with Gasteiger partial charge < -0.3 is 5.32 Å². The van der Waals surface area contributed by atoms with E-state index in [1.54, 1.807) is 0 Å². The number of rotatable bonds is 4. The average molecular weight is 316 g/mol. The highest BCUT2D eigenvalue weighted by molar-refractivity contribution is 9.11. The summed E-state index contributed by atoms with van der Waals surface area (Å²) in [6, 6.07) is 5.08. The largest absolute Gasteiger partial charge is 0.313 e. The second-order valence-corrected chi connectivity index (χ2v) is 8.61. The third kappa shape index (κ3) is 3.80. The summed E-state index contributed by atoms with van der Waals surface area (Å²) in [5, 5.41) is 3.74. The van der Waals surface area contributed by atoms with Gasteiger partial charge in [0, 0.05) is 17.5 Å². The summed E-state index contributed by atoms with van der Waals surface area (Å²) in [6.45, 7) is 8.27. The Morgan fingerprint density at radius 1 is 1.41 bits per heavy atom. The highest BCUT2D eigenvalue weighted by atomic mass is 79.9. The fraction of sp³-hybridized carbons (Fsp3) is 0.714. The molecule has 96 valence electrons. The van der Waals surface area contributed by atoms with Gasteiger partial charge in [0.05, 0.1) is 3.79 Å². The Bertz CT molecular complexity index is 372. The minimum atomic E-state index is 0.531. The van der Waals surface area contributed by atoms with Crippen molar-refractivity contribution in [3.05, 3.63) is 20.8 Å². The van der Waals surface area contributed by atoms with E-state index in [2.05, 4.69) is 54.2 Å². The standard InChI is InChI=1S/C14H22BrNS/c1-10-8-14(2,3)9-12(10)16-7-6-11-4-5-13(15)17-11/h4-5,10,12,16H,6-9H2,1-3H3. The van der Waals surface area contributed by atoms with Crippen molar-refractivity contribution in [1.82, 2.24) is 5.32 Å². The summed E-state index contributed by atoms with van der Waals surface area (Å²) in [6.07, 6.45) is 3.83. The molecule has 1 aromatic rings. The van der Waals surface area contributed by atoms with Crippen LogP contribution in [0.4, 0.5) is 0 Å². The molecule has 1 nitrogen and oxygen atoms in total. The van der Waals surface area contributed by atoms with Crippen LogP contribution in [0.15, 0.2) is 15.9 Å². The fourth-order valence-electron chi connectivity index (χ4n) is 3.03. The zero-order chi connectivity index (χ0) is 12.5. The topological polar surface area (TPSA) is 12.0 Å². The third-order valence-electron chi connectivity index (χ3n) is 3.74. The summed E-state index contributed by atoms with van der Waals surface area (Å²) in [4.78, 5) is 1.47. The van der Waals surface area contributed by atoms with Crippen molar-refractivity contribution in [3.8, 4) is 0 Å². The van der Waals surface area contributed by atoms with Gasteiger partial charge in [-0.1, -0.05) is 20.8 Å². The van der Waals surface area contributed by atoms with E-state index in [9.17, 15) is 0 Å². The molecule has 3 heteroatoms. The van der Waals surface area contributed by atoms with Crippen LogP contribution in [0.3, 0.4) is 0 Å². The van der Waals surface area contributed by atoms with Gasteiger partial charge in [-0.3, -0.25) is 0 Å². The van der Waals surface area contributed by atoms with Crippen LogP contribution >= 0.6 is 27.3 Å². The van der Waals surface area contributed by atoms with Crippen molar-refractivity contribution in [2.45, 2.75) is 46.1 Å². The first-order chi connectivity index (χ1) is 7.96. The van der Waals surface area contributed by atoms with Gasteiger partial charge in [-0.05, 0) is 58.7 Å². The van der Waals surface area contributed by atoms with E-state index in [0.717, 1.165) is 18.9 Å². The van der Waals surface area contributed by atoms with Crippen LogP contribution in [0.25, 0.3) is 0 Å². The molecular weight excluding hydrogens is 294 g/mol. The molecular formula is C14H22BrNS. The molecule has 0 aliphatic heterocycles. The lowest BCUT2D eigenvalue weighted by atomic mass is 9.91. The Hall–Kier alpha value is 0.140. The fourth-order valence-corrected chi connectivity index (χ4v) is 4.52. The number of hydrogen-bond donors (Lipinski definition) is 1. The van der Waals surface area contributed by atoms with Gasteiger partial charge in [-0.25, -0.2) is 0 Å². The lowest BCUT2D eigenvalue weighted by Gasteiger charge is -2.18. The second kappa shape index (κ2) is 5.41. The minimum Gasteiger partial charge on any atom is -0.313 e. The van der Waals surface area contributed by atoms with Crippen molar-refractivity contribution in [2.75, 3.05) is 6.54 Å². The molecule has 1 saturated carbocycles. The first-order valence-electron chi connectivity index (χ1n) is 6.44. The maximum absolute atomic E-state index is 3.74. The Labute approximate surface area is 117 Å². The zero-order valence-electron chi connectivity index (χ0n) is 10.9. The predicted molar refractivity (Wildman–Crippen MR) is 79.7 cm³/mol. The molecule has 0 aromatic carbocycles. The van der Waals surface area contributed by atoms with Crippen LogP contribution in [0, 0.1) is 11.3 Å². The molecule has 17 heavy (non-hydrogen) atoms. The number of nitrogens with one attached hydrogen (secondary N) is 1. The molecule has 0 spiro atoms. The predicted octanol–water partition coefficient (Wildman–Crippen LogP) is 4.47. The molecule has 0 radical (unpaired) electrons. The monoisotopic (exact) mass is 315 g/mol. The van der Waals surface area contributed by atoms with Crippen molar-refractivity contribution in [3.63, 3.8) is 0 Å². The van der Waals surface area contributed by atoms with E-state index < -0.39 is 0 Å². The summed E-state index contributed by atoms with van der Waals surface area (Å²) >= 11 is 5.36. The van der Waals surface area contributed by atoms with Crippen LogP contribution in [-0.4, -0.2) is 12.6 Å². The number of hydrogen-bond acceptors (Lipinski definition) is 2. The van der Waals surface area contributed by atoms with Crippen molar-refractivity contribution >= 4 is 27.3 Å². The van der Waals surface area contributed by atoms with Gasteiger partial charge in [0.15, 0.2) is 0 Å². The molecule has 1 heterocycles. The molecule has 0 bridgehead atoms. The molecule has 1 N–H and O–H groups in total. The quantitative estimate of drug-likeness (QED) is 0.864. The number of thiophene rings is 1.